The number of hydrogen-bond donors (Lipinski definition) is 1. The van der Waals surface area contributed by atoms with E-state index in [1.807, 2.05) is 60.7 Å². The molecular weight excluding hydrogens is 352 g/mol. The van der Waals surface area contributed by atoms with Crippen molar-refractivity contribution in [2.24, 2.45) is 0 Å². The first kappa shape index (κ1) is 18.4. The fraction of sp³-hybridized carbons (Fsp3) is 0.304. The Morgan fingerprint density at radius 3 is 2.43 bits per heavy atom. The summed E-state index contributed by atoms with van der Waals surface area (Å²) in [5, 5.41) is 2.95. The maximum absolute atomic E-state index is 12.2. The molecule has 1 amide bonds. The smallest absolute Gasteiger partial charge is 0.220 e. The first-order valence-corrected chi connectivity index (χ1v) is 9.78. The van der Waals surface area contributed by atoms with Crippen molar-refractivity contribution < 1.29 is 13.9 Å². The number of benzene rings is 2. The van der Waals surface area contributed by atoms with Crippen molar-refractivity contribution in [1.82, 2.24) is 10.3 Å². The van der Waals surface area contributed by atoms with Crippen molar-refractivity contribution in [2.75, 3.05) is 13.2 Å². The van der Waals surface area contributed by atoms with Crippen LogP contribution in [0.2, 0.25) is 0 Å². The molecule has 5 heteroatoms. The van der Waals surface area contributed by atoms with Gasteiger partial charge in [0.2, 0.25) is 5.91 Å². The Kier molecular flexibility index (Phi) is 5.83. The van der Waals surface area contributed by atoms with Gasteiger partial charge in [0, 0.05) is 37.1 Å². The zero-order chi connectivity index (χ0) is 19.2. The summed E-state index contributed by atoms with van der Waals surface area (Å²) in [6, 6.07) is 19.9. The van der Waals surface area contributed by atoms with Gasteiger partial charge in [0.15, 0.2) is 11.7 Å². The van der Waals surface area contributed by atoms with Crippen LogP contribution in [0.4, 0.5) is 0 Å². The van der Waals surface area contributed by atoms with Gasteiger partial charge in [-0.2, -0.15) is 0 Å². The summed E-state index contributed by atoms with van der Waals surface area (Å²) in [7, 11) is 0. The number of ether oxygens (including phenoxy) is 1. The monoisotopic (exact) mass is 376 g/mol. The van der Waals surface area contributed by atoms with E-state index in [4.69, 9.17) is 14.1 Å². The number of oxazole rings is 1. The summed E-state index contributed by atoms with van der Waals surface area (Å²) in [6.45, 7) is 1.37. The Labute approximate surface area is 164 Å². The van der Waals surface area contributed by atoms with Crippen LogP contribution in [0, 0.1) is 0 Å². The number of rotatable bonds is 7. The molecule has 3 aromatic rings. The lowest BCUT2D eigenvalue weighted by Gasteiger charge is -2.10. The van der Waals surface area contributed by atoms with E-state index in [0.29, 0.717) is 25.3 Å². The second kappa shape index (κ2) is 8.85. The maximum atomic E-state index is 12.2. The predicted octanol–water partition coefficient (Wildman–Crippen LogP) is 4.24. The molecule has 0 aliphatic carbocycles. The summed E-state index contributed by atoms with van der Waals surface area (Å²) in [4.78, 5) is 16.9. The van der Waals surface area contributed by atoms with Gasteiger partial charge in [-0.1, -0.05) is 60.7 Å². The van der Waals surface area contributed by atoms with Crippen LogP contribution in [0.3, 0.4) is 0 Å². The van der Waals surface area contributed by atoms with Crippen LogP contribution >= 0.6 is 0 Å². The average Bonchev–Trinajstić information content (AvgIpc) is 3.42. The Bertz CT molecular complexity index is 843. The van der Waals surface area contributed by atoms with Gasteiger partial charge in [0.05, 0.1) is 6.10 Å². The zero-order valence-electron chi connectivity index (χ0n) is 15.8. The predicted molar refractivity (Wildman–Crippen MR) is 108 cm³/mol. The van der Waals surface area contributed by atoms with E-state index in [1.54, 1.807) is 0 Å². The molecule has 1 aliphatic heterocycles. The second-order valence-corrected chi connectivity index (χ2v) is 6.96. The van der Waals surface area contributed by atoms with Gasteiger partial charge in [-0.3, -0.25) is 4.79 Å². The van der Waals surface area contributed by atoms with E-state index in [1.165, 1.54) is 0 Å². The Hall–Kier alpha value is -2.92. The quantitative estimate of drug-likeness (QED) is 0.670. The third kappa shape index (κ3) is 4.49. The molecule has 5 nitrogen and oxygen atoms in total. The molecule has 0 saturated carbocycles. The molecule has 0 spiro atoms. The van der Waals surface area contributed by atoms with Crippen molar-refractivity contribution in [3.8, 4) is 22.6 Å². The lowest BCUT2D eigenvalue weighted by Crippen LogP contribution is -2.31. The molecule has 28 heavy (non-hydrogen) atoms. The molecule has 2 heterocycles. The number of hydrogen-bond acceptors (Lipinski definition) is 4. The maximum Gasteiger partial charge on any atom is 0.220 e. The molecular formula is C23H24N2O3. The van der Waals surface area contributed by atoms with E-state index in [0.717, 1.165) is 42.0 Å². The molecule has 0 radical (unpaired) electrons. The SMILES string of the molecule is O=C(CCc1nc(-c2ccccc2)c(-c2ccccc2)o1)NC[C@H]1CCCO1. The van der Waals surface area contributed by atoms with Crippen molar-refractivity contribution in [3.63, 3.8) is 0 Å². The lowest BCUT2D eigenvalue weighted by atomic mass is 10.1. The van der Waals surface area contributed by atoms with Gasteiger partial charge < -0.3 is 14.5 Å². The number of amides is 1. The normalized spacial score (nSPS) is 16.2. The minimum absolute atomic E-state index is 0.00350. The Balaban J connectivity index is 1.47. The number of aromatic nitrogens is 1. The van der Waals surface area contributed by atoms with Crippen molar-refractivity contribution in [3.05, 3.63) is 66.6 Å². The molecule has 144 valence electrons. The largest absolute Gasteiger partial charge is 0.440 e. The summed E-state index contributed by atoms with van der Waals surface area (Å²) in [5.41, 5.74) is 2.78. The van der Waals surface area contributed by atoms with Crippen LogP contribution in [0.1, 0.15) is 25.2 Å². The molecule has 1 saturated heterocycles. The van der Waals surface area contributed by atoms with E-state index >= 15 is 0 Å². The summed E-state index contributed by atoms with van der Waals surface area (Å²) in [6.07, 6.45) is 3.04. The van der Waals surface area contributed by atoms with Gasteiger partial charge in [-0.05, 0) is 12.8 Å². The third-order valence-electron chi connectivity index (χ3n) is 4.87. The van der Waals surface area contributed by atoms with Gasteiger partial charge in [0.1, 0.15) is 5.69 Å². The van der Waals surface area contributed by atoms with E-state index in [9.17, 15) is 4.79 Å². The average molecular weight is 376 g/mol. The van der Waals surface area contributed by atoms with Crippen LogP contribution < -0.4 is 5.32 Å². The molecule has 4 rings (SSSR count). The highest BCUT2D eigenvalue weighted by Crippen LogP contribution is 2.32. The van der Waals surface area contributed by atoms with E-state index in [2.05, 4.69) is 5.32 Å². The molecule has 1 aromatic heterocycles. The topological polar surface area (TPSA) is 64.4 Å². The van der Waals surface area contributed by atoms with Gasteiger partial charge in [-0.15, -0.1) is 0 Å². The fourth-order valence-corrected chi connectivity index (χ4v) is 3.39. The Morgan fingerprint density at radius 2 is 1.75 bits per heavy atom. The summed E-state index contributed by atoms with van der Waals surface area (Å²) < 4.78 is 11.6. The van der Waals surface area contributed by atoms with Crippen molar-refractivity contribution in [1.29, 1.82) is 0 Å². The number of carbonyl (C=O) groups excluding carboxylic acids is 1. The summed E-state index contributed by atoms with van der Waals surface area (Å²) >= 11 is 0. The van der Waals surface area contributed by atoms with E-state index < -0.39 is 0 Å². The van der Waals surface area contributed by atoms with Crippen LogP contribution in [-0.4, -0.2) is 30.1 Å². The van der Waals surface area contributed by atoms with Crippen LogP contribution in [-0.2, 0) is 16.0 Å². The third-order valence-corrected chi connectivity index (χ3v) is 4.87. The highest BCUT2D eigenvalue weighted by Gasteiger charge is 2.19. The van der Waals surface area contributed by atoms with Gasteiger partial charge in [0.25, 0.3) is 0 Å². The molecule has 0 unspecified atom stereocenters. The minimum Gasteiger partial charge on any atom is -0.440 e. The lowest BCUT2D eigenvalue weighted by molar-refractivity contribution is -0.121. The minimum atomic E-state index is -0.00350. The van der Waals surface area contributed by atoms with Crippen LogP contribution in [0.15, 0.2) is 65.1 Å². The molecule has 1 fully saturated rings. The number of nitrogens with zero attached hydrogens (tertiary/aromatic N) is 1. The van der Waals surface area contributed by atoms with Crippen LogP contribution in [0.5, 0.6) is 0 Å². The standard InChI is InChI=1S/C23H24N2O3/c26-20(24-16-19-12-7-15-27-19)13-14-21-25-22(17-8-3-1-4-9-17)23(28-21)18-10-5-2-6-11-18/h1-6,8-11,19H,7,12-16H2,(H,24,26)/t19-/m1/s1. The van der Waals surface area contributed by atoms with E-state index in [-0.39, 0.29) is 12.0 Å². The first-order valence-electron chi connectivity index (χ1n) is 9.78. The van der Waals surface area contributed by atoms with Gasteiger partial charge in [-0.25, -0.2) is 4.98 Å². The molecule has 1 aliphatic rings. The zero-order valence-corrected chi connectivity index (χ0v) is 15.8. The second-order valence-electron chi connectivity index (χ2n) is 6.96. The molecule has 1 atom stereocenters. The molecule has 2 aromatic carbocycles. The molecule has 0 bridgehead atoms. The summed E-state index contributed by atoms with van der Waals surface area (Å²) in [5.74, 6) is 1.31. The highest BCUT2D eigenvalue weighted by molar-refractivity contribution is 5.77. The van der Waals surface area contributed by atoms with Gasteiger partial charge >= 0.3 is 0 Å². The fourth-order valence-electron chi connectivity index (χ4n) is 3.39. The number of aryl methyl sites for hydroxylation is 1. The highest BCUT2D eigenvalue weighted by atomic mass is 16.5. The first-order chi connectivity index (χ1) is 13.8. The van der Waals surface area contributed by atoms with Crippen molar-refractivity contribution >= 4 is 5.91 Å². The Morgan fingerprint density at radius 1 is 1.04 bits per heavy atom. The number of carbonyl (C=O) groups is 1. The van der Waals surface area contributed by atoms with Crippen LogP contribution in [0.25, 0.3) is 22.6 Å². The molecule has 1 N–H and O–H groups in total. The van der Waals surface area contributed by atoms with Crippen molar-refractivity contribution in [2.45, 2.75) is 31.8 Å². The number of nitrogens with one attached hydrogen (secondary N) is 1.